The summed E-state index contributed by atoms with van der Waals surface area (Å²) in [5.74, 6) is 0. The fourth-order valence-electron chi connectivity index (χ4n) is 2.65. The molecule has 0 heterocycles. The second-order valence-corrected chi connectivity index (χ2v) is 5.48. The van der Waals surface area contributed by atoms with Crippen LogP contribution in [-0.2, 0) is 13.0 Å². The van der Waals surface area contributed by atoms with Crippen LogP contribution in [-0.4, -0.2) is 6.54 Å². The molecule has 1 heteroatoms. The first-order valence-electron chi connectivity index (χ1n) is 7.80. The maximum absolute atomic E-state index is 2.45. The van der Waals surface area contributed by atoms with Crippen LogP contribution in [0.4, 0.5) is 5.69 Å². The normalized spacial score (nSPS) is 10.4. The van der Waals surface area contributed by atoms with Gasteiger partial charge in [-0.1, -0.05) is 78.9 Å². The van der Waals surface area contributed by atoms with Crippen molar-refractivity contribution < 1.29 is 0 Å². The van der Waals surface area contributed by atoms with Crippen LogP contribution in [0.3, 0.4) is 0 Å². The third kappa shape index (κ3) is 3.98. The lowest BCUT2D eigenvalue weighted by Crippen LogP contribution is -2.25. The molecule has 0 radical (unpaired) electrons. The third-order valence-electron chi connectivity index (χ3n) is 3.85. The van der Waals surface area contributed by atoms with Gasteiger partial charge in [-0.2, -0.15) is 0 Å². The van der Waals surface area contributed by atoms with E-state index >= 15 is 0 Å². The average Bonchev–Trinajstić information content (AvgIpc) is 2.61. The lowest BCUT2D eigenvalue weighted by Gasteiger charge is -2.25. The molecule has 3 rings (SSSR count). The molecule has 22 heavy (non-hydrogen) atoms. The van der Waals surface area contributed by atoms with Gasteiger partial charge in [-0.05, 0) is 29.7 Å². The van der Waals surface area contributed by atoms with Crippen molar-refractivity contribution >= 4 is 5.69 Å². The summed E-state index contributed by atoms with van der Waals surface area (Å²) < 4.78 is 0. The van der Waals surface area contributed by atoms with Crippen molar-refractivity contribution in [3.8, 4) is 0 Å². The van der Waals surface area contributed by atoms with Gasteiger partial charge in [0.15, 0.2) is 0 Å². The summed E-state index contributed by atoms with van der Waals surface area (Å²) in [6.45, 7) is 1.96. The summed E-state index contributed by atoms with van der Waals surface area (Å²) in [5, 5.41) is 0. The molecule has 3 aromatic rings. The highest BCUT2D eigenvalue weighted by atomic mass is 15.1. The highest BCUT2D eigenvalue weighted by Crippen LogP contribution is 2.17. The molecule has 0 aromatic heterocycles. The van der Waals surface area contributed by atoms with Gasteiger partial charge in [0, 0.05) is 18.8 Å². The van der Waals surface area contributed by atoms with Crippen molar-refractivity contribution in [3.05, 3.63) is 102 Å². The molecular formula is C21H21N. The SMILES string of the molecule is c1ccc(CCN(Cc2ccccc2)c2ccccc2)cc1. The van der Waals surface area contributed by atoms with Crippen LogP contribution in [0.5, 0.6) is 0 Å². The van der Waals surface area contributed by atoms with Crippen molar-refractivity contribution in [2.75, 3.05) is 11.4 Å². The Labute approximate surface area is 132 Å². The fourth-order valence-corrected chi connectivity index (χ4v) is 2.65. The Bertz CT molecular complexity index is 662. The van der Waals surface area contributed by atoms with Crippen LogP contribution < -0.4 is 4.90 Å². The molecule has 3 aromatic carbocycles. The molecule has 0 amide bonds. The Hall–Kier alpha value is -2.54. The van der Waals surface area contributed by atoms with Crippen molar-refractivity contribution in [2.24, 2.45) is 0 Å². The van der Waals surface area contributed by atoms with Gasteiger partial charge in [-0.3, -0.25) is 0 Å². The third-order valence-corrected chi connectivity index (χ3v) is 3.85. The molecule has 0 aliphatic rings. The zero-order chi connectivity index (χ0) is 15.0. The highest BCUT2D eigenvalue weighted by molar-refractivity contribution is 5.46. The van der Waals surface area contributed by atoms with Gasteiger partial charge in [0.25, 0.3) is 0 Å². The summed E-state index contributed by atoms with van der Waals surface area (Å²) in [6, 6.07) is 32.0. The van der Waals surface area contributed by atoms with E-state index in [-0.39, 0.29) is 0 Å². The second kappa shape index (κ2) is 7.46. The van der Waals surface area contributed by atoms with Crippen LogP contribution in [0.25, 0.3) is 0 Å². The largest absolute Gasteiger partial charge is 0.367 e. The van der Waals surface area contributed by atoms with Crippen molar-refractivity contribution in [1.82, 2.24) is 0 Å². The van der Waals surface area contributed by atoms with E-state index in [9.17, 15) is 0 Å². The smallest absolute Gasteiger partial charge is 0.0429 e. The predicted octanol–water partition coefficient (Wildman–Crippen LogP) is 4.94. The summed E-state index contributed by atoms with van der Waals surface area (Å²) in [7, 11) is 0. The molecular weight excluding hydrogens is 266 g/mol. The van der Waals surface area contributed by atoms with Crippen LogP contribution in [0, 0.1) is 0 Å². The van der Waals surface area contributed by atoms with E-state index in [1.807, 2.05) is 0 Å². The van der Waals surface area contributed by atoms with Crippen molar-refractivity contribution in [1.29, 1.82) is 0 Å². The molecule has 0 aliphatic heterocycles. The van der Waals surface area contributed by atoms with Gasteiger partial charge in [0.1, 0.15) is 0 Å². The standard InChI is InChI=1S/C21H21N/c1-4-10-19(11-5-1)16-17-22(21-14-8-3-9-15-21)18-20-12-6-2-7-13-20/h1-15H,16-18H2. The fraction of sp³-hybridized carbons (Fsp3) is 0.143. The van der Waals surface area contributed by atoms with Gasteiger partial charge in [0.05, 0.1) is 0 Å². The molecule has 110 valence electrons. The van der Waals surface area contributed by atoms with Gasteiger partial charge in [-0.15, -0.1) is 0 Å². The number of benzene rings is 3. The molecule has 1 nitrogen and oxygen atoms in total. The molecule has 0 atom stereocenters. The number of hydrogen-bond acceptors (Lipinski definition) is 1. The number of para-hydroxylation sites is 1. The van der Waals surface area contributed by atoms with E-state index in [0.717, 1.165) is 19.5 Å². The molecule has 0 saturated carbocycles. The van der Waals surface area contributed by atoms with Crippen LogP contribution >= 0.6 is 0 Å². The quantitative estimate of drug-likeness (QED) is 0.621. The zero-order valence-electron chi connectivity index (χ0n) is 12.7. The minimum Gasteiger partial charge on any atom is -0.367 e. The number of anilines is 1. The molecule has 0 spiro atoms. The lowest BCUT2D eigenvalue weighted by atomic mass is 10.1. The first kappa shape index (κ1) is 14.4. The Morgan fingerprint density at radius 2 is 1.05 bits per heavy atom. The lowest BCUT2D eigenvalue weighted by molar-refractivity contribution is 0.782. The minimum atomic E-state index is 0.942. The summed E-state index contributed by atoms with van der Waals surface area (Å²) in [6.07, 6.45) is 1.06. The summed E-state index contributed by atoms with van der Waals surface area (Å²) in [4.78, 5) is 2.45. The van der Waals surface area contributed by atoms with E-state index in [1.165, 1.54) is 16.8 Å². The number of hydrogen-bond donors (Lipinski definition) is 0. The van der Waals surface area contributed by atoms with Crippen LogP contribution in [0.2, 0.25) is 0 Å². The van der Waals surface area contributed by atoms with E-state index in [1.54, 1.807) is 0 Å². The highest BCUT2D eigenvalue weighted by Gasteiger charge is 2.07. The van der Waals surface area contributed by atoms with E-state index in [4.69, 9.17) is 0 Å². The Balaban J connectivity index is 1.74. The van der Waals surface area contributed by atoms with Gasteiger partial charge >= 0.3 is 0 Å². The van der Waals surface area contributed by atoms with E-state index in [0.29, 0.717) is 0 Å². The molecule has 0 N–H and O–H groups in total. The molecule has 0 bridgehead atoms. The van der Waals surface area contributed by atoms with Crippen molar-refractivity contribution in [2.45, 2.75) is 13.0 Å². The molecule has 0 saturated heterocycles. The van der Waals surface area contributed by atoms with Gasteiger partial charge in [0.2, 0.25) is 0 Å². The maximum Gasteiger partial charge on any atom is 0.0429 e. The van der Waals surface area contributed by atoms with E-state index < -0.39 is 0 Å². The van der Waals surface area contributed by atoms with Crippen LogP contribution in [0.15, 0.2) is 91.0 Å². The second-order valence-electron chi connectivity index (χ2n) is 5.48. The Kier molecular flexibility index (Phi) is 4.88. The monoisotopic (exact) mass is 287 g/mol. The molecule has 0 unspecified atom stereocenters. The Morgan fingerprint density at radius 1 is 0.545 bits per heavy atom. The number of nitrogens with zero attached hydrogens (tertiary/aromatic N) is 1. The van der Waals surface area contributed by atoms with Gasteiger partial charge < -0.3 is 4.90 Å². The van der Waals surface area contributed by atoms with Crippen molar-refractivity contribution in [3.63, 3.8) is 0 Å². The minimum absolute atomic E-state index is 0.942. The first-order valence-corrected chi connectivity index (χ1v) is 7.80. The predicted molar refractivity (Wildman–Crippen MR) is 94.1 cm³/mol. The zero-order valence-corrected chi connectivity index (χ0v) is 12.7. The Morgan fingerprint density at radius 3 is 1.64 bits per heavy atom. The molecule has 0 aliphatic carbocycles. The van der Waals surface area contributed by atoms with Crippen LogP contribution in [0.1, 0.15) is 11.1 Å². The van der Waals surface area contributed by atoms with Gasteiger partial charge in [-0.25, -0.2) is 0 Å². The molecule has 0 fully saturated rings. The average molecular weight is 287 g/mol. The summed E-state index contributed by atoms with van der Waals surface area (Å²) >= 11 is 0. The first-order chi connectivity index (χ1) is 10.9. The number of rotatable bonds is 6. The summed E-state index contributed by atoms with van der Waals surface area (Å²) in [5.41, 5.74) is 4.01. The topological polar surface area (TPSA) is 3.24 Å². The maximum atomic E-state index is 2.45. The van der Waals surface area contributed by atoms with E-state index in [2.05, 4.69) is 95.9 Å².